The molecule has 9 heteroatoms. The van der Waals surface area contributed by atoms with Gasteiger partial charge < -0.3 is 4.74 Å². The molecule has 0 aliphatic heterocycles. The molecule has 6 aromatic rings. The van der Waals surface area contributed by atoms with E-state index in [4.69, 9.17) is 9.84 Å². The van der Waals surface area contributed by atoms with E-state index in [0.717, 1.165) is 51.5 Å². The predicted molar refractivity (Wildman–Crippen MR) is 153 cm³/mol. The average Bonchev–Trinajstić information content (AvgIpc) is 3.72. The number of rotatable bonds is 8. The number of thiophene rings is 1. The van der Waals surface area contributed by atoms with Gasteiger partial charge in [-0.2, -0.15) is 14.6 Å². The molecule has 0 unspecified atom stereocenters. The van der Waals surface area contributed by atoms with Gasteiger partial charge in [-0.25, -0.2) is 4.68 Å². The molecule has 0 N–H and O–H groups in total. The lowest BCUT2D eigenvalue weighted by molar-refractivity contribution is 0.309. The summed E-state index contributed by atoms with van der Waals surface area (Å²) in [6.45, 7) is 4.91. The van der Waals surface area contributed by atoms with E-state index in [9.17, 15) is 4.79 Å². The maximum atomic E-state index is 13.3. The minimum absolute atomic E-state index is 0.185. The quantitative estimate of drug-likeness (QED) is 0.230. The van der Waals surface area contributed by atoms with Crippen molar-refractivity contribution in [2.75, 3.05) is 6.61 Å². The van der Waals surface area contributed by atoms with Crippen LogP contribution in [-0.2, 0) is 0 Å². The molecule has 0 saturated carbocycles. The first-order valence-electron chi connectivity index (χ1n) is 12.4. The summed E-state index contributed by atoms with van der Waals surface area (Å²) >= 11 is 2.88. The summed E-state index contributed by atoms with van der Waals surface area (Å²) in [5.74, 6) is 1.42. The molecule has 0 spiro atoms. The van der Waals surface area contributed by atoms with E-state index in [-0.39, 0.29) is 5.56 Å². The van der Waals surface area contributed by atoms with Crippen molar-refractivity contribution in [3.8, 4) is 33.4 Å². The highest BCUT2D eigenvalue weighted by molar-refractivity contribution is 7.15. The Labute approximate surface area is 227 Å². The van der Waals surface area contributed by atoms with E-state index in [1.165, 1.54) is 15.9 Å². The molecule has 0 fully saturated rings. The van der Waals surface area contributed by atoms with Crippen LogP contribution in [0.15, 0.2) is 77.0 Å². The first-order chi connectivity index (χ1) is 18.6. The minimum Gasteiger partial charge on any atom is -0.494 e. The topological polar surface area (TPSA) is 74.3 Å². The average molecular weight is 540 g/mol. The summed E-state index contributed by atoms with van der Waals surface area (Å²) in [5.41, 5.74) is 4.44. The zero-order valence-corrected chi connectivity index (χ0v) is 22.6. The Balaban J connectivity index is 1.45. The highest BCUT2D eigenvalue weighted by Crippen LogP contribution is 2.30. The summed E-state index contributed by atoms with van der Waals surface area (Å²) < 4.78 is 9.70. The lowest BCUT2D eigenvalue weighted by Gasteiger charge is -2.09. The Morgan fingerprint density at radius 2 is 1.92 bits per heavy atom. The molecule has 0 saturated heterocycles. The van der Waals surface area contributed by atoms with Crippen LogP contribution >= 0.6 is 22.7 Å². The maximum absolute atomic E-state index is 13.3. The van der Waals surface area contributed by atoms with Gasteiger partial charge in [-0.05, 0) is 66.8 Å². The molecule has 4 heterocycles. The van der Waals surface area contributed by atoms with Crippen LogP contribution in [0.25, 0.3) is 38.7 Å². The highest BCUT2D eigenvalue weighted by atomic mass is 32.1. The van der Waals surface area contributed by atoms with Gasteiger partial charge in [-0.3, -0.25) is 4.79 Å². The summed E-state index contributed by atoms with van der Waals surface area (Å²) in [7, 11) is 0. The van der Waals surface area contributed by atoms with Gasteiger partial charge >= 0.3 is 0 Å². The molecule has 190 valence electrons. The number of nitrogens with zero attached hydrogens (tertiary/aromatic N) is 5. The normalized spacial score (nSPS) is 12.0. The Morgan fingerprint density at radius 3 is 2.66 bits per heavy atom. The van der Waals surface area contributed by atoms with Gasteiger partial charge in [0.15, 0.2) is 5.82 Å². The summed E-state index contributed by atoms with van der Waals surface area (Å²) in [4.78, 5) is 19.4. The molecule has 0 aliphatic rings. The number of unbranched alkanes of at least 4 members (excludes halogenated alkanes) is 1. The van der Waals surface area contributed by atoms with Crippen LogP contribution in [0.3, 0.4) is 0 Å². The lowest BCUT2D eigenvalue weighted by Crippen LogP contribution is -2.23. The van der Waals surface area contributed by atoms with E-state index in [1.54, 1.807) is 11.3 Å². The van der Waals surface area contributed by atoms with Gasteiger partial charge in [0.1, 0.15) is 11.4 Å². The molecule has 38 heavy (non-hydrogen) atoms. The second kappa shape index (κ2) is 10.4. The molecule has 6 rings (SSSR count). The highest BCUT2D eigenvalue weighted by Gasteiger charge is 2.16. The second-order valence-electron chi connectivity index (χ2n) is 8.91. The van der Waals surface area contributed by atoms with Crippen molar-refractivity contribution < 1.29 is 4.74 Å². The van der Waals surface area contributed by atoms with Crippen LogP contribution in [0.5, 0.6) is 5.75 Å². The second-order valence-corrected chi connectivity index (χ2v) is 10.9. The van der Waals surface area contributed by atoms with Crippen molar-refractivity contribution >= 4 is 33.7 Å². The number of ether oxygens (including phenoxy) is 1. The van der Waals surface area contributed by atoms with Crippen LogP contribution in [0.1, 0.15) is 30.9 Å². The van der Waals surface area contributed by atoms with E-state index in [0.29, 0.717) is 21.9 Å². The Morgan fingerprint density at radius 1 is 1.05 bits per heavy atom. The molecule has 0 amide bonds. The number of benzene rings is 2. The third kappa shape index (κ3) is 4.66. The predicted octanol–water partition coefficient (Wildman–Crippen LogP) is 5.77. The monoisotopic (exact) mass is 539 g/mol. The molecule has 0 radical (unpaired) electrons. The van der Waals surface area contributed by atoms with E-state index in [1.807, 2.05) is 83.0 Å². The first kappa shape index (κ1) is 24.3. The van der Waals surface area contributed by atoms with Crippen molar-refractivity contribution in [1.29, 1.82) is 0 Å². The largest absolute Gasteiger partial charge is 0.494 e. The van der Waals surface area contributed by atoms with E-state index < -0.39 is 0 Å². The zero-order chi connectivity index (χ0) is 26.1. The molecule has 7 nitrogen and oxygen atoms in total. The number of hydrogen-bond acceptors (Lipinski definition) is 7. The van der Waals surface area contributed by atoms with Crippen molar-refractivity contribution in [1.82, 2.24) is 24.4 Å². The molecule has 0 aliphatic carbocycles. The SMILES string of the molecule is CCCCOc1ccc(-c2nn(-c3ccccc3)cc2/C=c2\sc3nc(-c4cccs4)nn3c2=O)c(C)c1. The Hall–Kier alpha value is -4.08. The van der Waals surface area contributed by atoms with Gasteiger partial charge in [0.05, 0.1) is 21.7 Å². The molecule has 2 aromatic carbocycles. The van der Waals surface area contributed by atoms with Gasteiger partial charge in [0.25, 0.3) is 5.56 Å². The molecular formula is C29H25N5O2S2. The molecule has 0 bridgehead atoms. The van der Waals surface area contributed by atoms with Crippen molar-refractivity contribution in [2.45, 2.75) is 26.7 Å². The van der Waals surface area contributed by atoms with Crippen molar-refractivity contribution in [3.05, 3.63) is 98.3 Å². The fourth-order valence-corrected chi connectivity index (χ4v) is 5.78. The van der Waals surface area contributed by atoms with Gasteiger partial charge in [0, 0.05) is 17.3 Å². The summed E-state index contributed by atoms with van der Waals surface area (Å²) in [6.07, 6.45) is 5.96. The zero-order valence-electron chi connectivity index (χ0n) is 21.0. The van der Waals surface area contributed by atoms with Crippen LogP contribution in [-0.4, -0.2) is 31.0 Å². The number of aromatic nitrogens is 5. The Bertz CT molecular complexity index is 1820. The molecule has 0 atom stereocenters. The first-order valence-corrected chi connectivity index (χ1v) is 14.1. The number of thiazole rings is 1. The maximum Gasteiger partial charge on any atom is 0.291 e. The van der Waals surface area contributed by atoms with E-state index in [2.05, 4.69) is 23.9 Å². The standard InChI is InChI=1S/C29H25N5O2S2/c1-3-4-14-36-22-12-13-23(19(2)16-22)26-20(18-33(31-26)21-9-6-5-7-10-21)17-25-28(35)34-29(38-25)30-27(32-34)24-11-8-15-37-24/h5-13,15-18H,3-4,14H2,1-2H3/b25-17-. The van der Waals surface area contributed by atoms with Crippen LogP contribution in [0.2, 0.25) is 0 Å². The van der Waals surface area contributed by atoms with Gasteiger partial charge in [-0.1, -0.05) is 48.9 Å². The van der Waals surface area contributed by atoms with Crippen molar-refractivity contribution in [3.63, 3.8) is 0 Å². The van der Waals surface area contributed by atoms with E-state index >= 15 is 0 Å². The third-order valence-corrected chi connectivity index (χ3v) is 8.02. The summed E-state index contributed by atoms with van der Waals surface area (Å²) in [5, 5.41) is 11.4. The number of aryl methyl sites for hydroxylation is 1. The fraction of sp³-hybridized carbons (Fsp3) is 0.172. The van der Waals surface area contributed by atoms with Gasteiger partial charge in [-0.15, -0.1) is 16.4 Å². The lowest BCUT2D eigenvalue weighted by atomic mass is 10.0. The van der Waals surface area contributed by atoms with Crippen molar-refractivity contribution in [2.24, 2.45) is 0 Å². The smallest absolute Gasteiger partial charge is 0.291 e. The van der Waals surface area contributed by atoms with Gasteiger partial charge in [0.2, 0.25) is 4.96 Å². The fourth-order valence-electron chi connectivity index (χ4n) is 4.23. The number of hydrogen-bond donors (Lipinski definition) is 0. The Kier molecular flexibility index (Phi) is 6.61. The number of fused-ring (bicyclic) bond motifs is 1. The van der Waals surface area contributed by atoms with Crippen LogP contribution < -0.4 is 14.8 Å². The summed E-state index contributed by atoms with van der Waals surface area (Å²) in [6, 6.07) is 19.9. The van der Waals surface area contributed by atoms with Crippen LogP contribution in [0, 0.1) is 6.92 Å². The minimum atomic E-state index is -0.185. The third-order valence-electron chi connectivity index (χ3n) is 6.19. The molecule has 4 aromatic heterocycles. The molecular weight excluding hydrogens is 514 g/mol. The number of para-hydroxylation sites is 1. The van der Waals surface area contributed by atoms with Crippen LogP contribution in [0.4, 0.5) is 0 Å².